The van der Waals surface area contributed by atoms with E-state index < -0.39 is 0 Å². The lowest BCUT2D eigenvalue weighted by Gasteiger charge is -2.15. The zero-order valence-electron chi connectivity index (χ0n) is 9.06. The summed E-state index contributed by atoms with van der Waals surface area (Å²) in [6.45, 7) is 4.46. The van der Waals surface area contributed by atoms with Gasteiger partial charge in [0.1, 0.15) is 0 Å². The molecule has 4 heteroatoms. The molecule has 3 unspecified atom stereocenters. The molecular formula is C10H18N2O2. The molecule has 1 saturated heterocycles. The van der Waals surface area contributed by atoms with Crippen LogP contribution in [0.2, 0.25) is 0 Å². The molecule has 0 saturated carbocycles. The third-order valence-corrected chi connectivity index (χ3v) is 2.65. The van der Waals surface area contributed by atoms with Gasteiger partial charge in [-0.05, 0) is 6.92 Å². The molecule has 1 aliphatic heterocycles. The van der Waals surface area contributed by atoms with Crippen LogP contribution < -0.4 is 0 Å². The molecule has 80 valence electrons. The summed E-state index contributed by atoms with van der Waals surface area (Å²) in [5, 5.41) is 8.70. The van der Waals surface area contributed by atoms with Crippen LogP contribution >= 0.6 is 0 Å². The van der Waals surface area contributed by atoms with Gasteiger partial charge in [0, 0.05) is 33.9 Å². The van der Waals surface area contributed by atoms with E-state index in [1.807, 2.05) is 6.92 Å². The predicted octanol–water partition coefficient (Wildman–Crippen LogP) is 0.492. The van der Waals surface area contributed by atoms with E-state index in [9.17, 15) is 0 Å². The van der Waals surface area contributed by atoms with E-state index in [0.29, 0.717) is 0 Å². The first kappa shape index (κ1) is 11.4. The van der Waals surface area contributed by atoms with Gasteiger partial charge in [-0.3, -0.25) is 4.90 Å². The molecule has 3 atom stereocenters. The van der Waals surface area contributed by atoms with E-state index in [-0.39, 0.29) is 18.1 Å². The summed E-state index contributed by atoms with van der Waals surface area (Å²) in [4.78, 5) is 2.22. The smallest absolute Gasteiger partial charge is 0.0971 e. The normalized spacial score (nSPS) is 30.1. The summed E-state index contributed by atoms with van der Waals surface area (Å²) in [6, 6.07) is 2.23. The molecule has 1 fully saturated rings. The lowest BCUT2D eigenvalue weighted by Crippen LogP contribution is -2.27. The van der Waals surface area contributed by atoms with E-state index in [0.717, 1.165) is 19.6 Å². The molecule has 1 rings (SSSR count). The Morgan fingerprint density at radius 1 is 1.36 bits per heavy atom. The van der Waals surface area contributed by atoms with Crippen LogP contribution in [-0.4, -0.2) is 51.0 Å². The number of rotatable bonds is 4. The summed E-state index contributed by atoms with van der Waals surface area (Å²) in [5.74, 6) is 0.0723. The third kappa shape index (κ3) is 2.68. The molecule has 0 N–H and O–H groups in total. The average molecular weight is 198 g/mol. The molecule has 1 aliphatic rings. The van der Waals surface area contributed by atoms with Gasteiger partial charge >= 0.3 is 0 Å². The first-order valence-electron chi connectivity index (χ1n) is 4.88. The number of nitriles is 1. The van der Waals surface area contributed by atoms with Crippen molar-refractivity contribution in [2.45, 2.75) is 19.1 Å². The van der Waals surface area contributed by atoms with Gasteiger partial charge in [-0.15, -0.1) is 0 Å². The van der Waals surface area contributed by atoms with Crippen LogP contribution in [0.15, 0.2) is 0 Å². The van der Waals surface area contributed by atoms with Crippen LogP contribution in [0.5, 0.6) is 0 Å². The van der Waals surface area contributed by atoms with Crippen LogP contribution in [-0.2, 0) is 9.47 Å². The largest absolute Gasteiger partial charge is 0.377 e. The van der Waals surface area contributed by atoms with Crippen molar-refractivity contribution < 1.29 is 9.47 Å². The predicted molar refractivity (Wildman–Crippen MR) is 52.8 cm³/mol. The van der Waals surface area contributed by atoms with Crippen molar-refractivity contribution in [2.24, 2.45) is 5.92 Å². The number of ether oxygens (including phenoxy) is 2. The average Bonchev–Trinajstić information content (AvgIpc) is 2.59. The van der Waals surface area contributed by atoms with Gasteiger partial charge in [0.15, 0.2) is 0 Å². The maximum Gasteiger partial charge on any atom is 0.0971 e. The Morgan fingerprint density at radius 2 is 1.86 bits per heavy atom. The van der Waals surface area contributed by atoms with Gasteiger partial charge in [-0.1, -0.05) is 0 Å². The molecule has 14 heavy (non-hydrogen) atoms. The fourth-order valence-corrected chi connectivity index (χ4v) is 1.85. The zero-order valence-corrected chi connectivity index (χ0v) is 9.06. The lowest BCUT2D eigenvalue weighted by atomic mass is 10.2. The molecule has 0 radical (unpaired) electrons. The molecule has 0 amide bonds. The van der Waals surface area contributed by atoms with Gasteiger partial charge in [0.25, 0.3) is 0 Å². The van der Waals surface area contributed by atoms with Crippen molar-refractivity contribution in [2.75, 3.05) is 33.9 Å². The van der Waals surface area contributed by atoms with Gasteiger partial charge in [-0.2, -0.15) is 5.26 Å². The Hall–Kier alpha value is -0.630. The van der Waals surface area contributed by atoms with Crippen LogP contribution in [0.3, 0.4) is 0 Å². The maximum atomic E-state index is 8.70. The highest BCUT2D eigenvalue weighted by molar-refractivity contribution is 4.89. The quantitative estimate of drug-likeness (QED) is 0.659. The van der Waals surface area contributed by atoms with E-state index >= 15 is 0 Å². The second-order valence-electron chi connectivity index (χ2n) is 3.80. The maximum absolute atomic E-state index is 8.70. The standard InChI is InChI=1S/C10H18N2O2/c1-8(4-11)5-12-6-9(13-2)10(7-12)14-3/h8-10H,5-7H2,1-3H3. The summed E-state index contributed by atoms with van der Waals surface area (Å²) in [7, 11) is 3.40. The first-order valence-corrected chi connectivity index (χ1v) is 4.88. The fraction of sp³-hybridized carbons (Fsp3) is 0.900. The minimum Gasteiger partial charge on any atom is -0.377 e. The van der Waals surface area contributed by atoms with Crippen molar-refractivity contribution in [1.82, 2.24) is 4.90 Å². The van der Waals surface area contributed by atoms with Crippen LogP contribution in [0.1, 0.15) is 6.92 Å². The van der Waals surface area contributed by atoms with Gasteiger partial charge in [0.05, 0.1) is 24.2 Å². The molecule has 1 heterocycles. The Bertz CT molecular complexity index is 203. The highest BCUT2D eigenvalue weighted by Gasteiger charge is 2.33. The summed E-state index contributed by atoms with van der Waals surface area (Å²) in [5.41, 5.74) is 0. The van der Waals surface area contributed by atoms with Crippen LogP contribution in [0.4, 0.5) is 0 Å². The van der Waals surface area contributed by atoms with Gasteiger partial charge < -0.3 is 9.47 Å². The number of nitrogens with zero attached hydrogens (tertiary/aromatic N) is 2. The van der Waals surface area contributed by atoms with Crippen molar-refractivity contribution in [3.63, 3.8) is 0 Å². The Labute approximate surface area is 85.4 Å². The van der Waals surface area contributed by atoms with Crippen LogP contribution in [0.25, 0.3) is 0 Å². The van der Waals surface area contributed by atoms with Gasteiger partial charge in [0.2, 0.25) is 0 Å². The summed E-state index contributed by atoms with van der Waals surface area (Å²) >= 11 is 0. The second kappa shape index (κ2) is 5.30. The highest BCUT2D eigenvalue weighted by Crippen LogP contribution is 2.16. The Balaban J connectivity index is 2.41. The molecule has 0 spiro atoms. The van der Waals surface area contributed by atoms with E-state index in [1.54, 1.807) is 14.2 Å². The highest BCUT2D eigenvalue weighted by atomic mass is 16.5. The van der Waals surface area contributed by atoms with E-state index in [1.165, 1.54) is 0 Å². The lowest BCUT2D eigenvalue weighted by molar-refractivity contribution is -0.00461. The number of likely N-dealkylation sites (tertiary alicyclic amines) is 1. The first-order chi connectivity index (χ1) is 6.71. The number of hydrogen-bond donors (Lipinski definition) is 0. The number of hydrogen-bond acceptors (Lipinski definition) is 4. The Kier molecular flexibility index (Phi) is 4.33. The van der Waals surface area contributed by atoms with Crippen molar-refractivity contribution in [3.8, 4) is 6.07 Å². The van der Waals surface area contributed by atoms with E-state index in [2.05, 4.69) is 11.0 Å². The Morgan fingerprint density at radius 3 is 2.21 bits per heavy atom. The summed E-state index contributed by atoms with van der Waals surface area (Å²) in [6.07, 6.45) is 0.289. The minimum absolute atomic E-state index is 0.0723. The molecule has 4 nitrogen and oxygen atoms in total. The minimum atomic E-state index is 0.0723. The van der Waals surface area contributed by atoms with Crippen molar-refractivity contribution in [1.29, 1.82) is 5.26 Å². The third-order valence-electron chi connectivity index (χ3n) is 2.65. The zero-order chi connectivity index (χ0) is 10.6. The van der Waals surface area contributed by atoms with Crippen LogP contribution in [0, 0.1) is 17.2 Å². The van der Waals surface area contributed by atoms with Gasteiger partial charge in [-0.25, -0.2) is 0 Å². The molecule has 0 aromatic carbocycles. The van der Waals surface area contributed by atoms with Crippen molar-refractivity contribution >= 4 is 0 Å². The van der Waals surface area contributed by atoms with E-state index in [4.69, 9.17) is 14.7 Å². The second-order valence-corrected chi connectivity index (χ2v) is 3.80. The fourth-order valence-electron chi connectivity index (χ4n) is 1.85. The number of methoxy groups -OCH3 is 2. The molecule has 0 bridgehead atoms. The molecule has 0 aromatic heterocycles. The SMILES string of the molecule is COC1CN(CC(C)C#N)CC1OC. The molecule has 0 aromatic rings. The van der Waals surface area contributed by atoms with Crippen molar-refractivity contribution in [3.05, 3.63) is 0 Å². The monoisotopic (exact) mass is 198 g/mol. The summed E-state index contributed by atoms with van der Waals surface area (Å²) < 4.78 is 10.6. The molecular weight excluding hydrogens is 180 g/mol. The topological polar surface area (TPSA) is 45.5 Å². The molecule has 0 aliphatic carbocycles.